The van der Waals surface area contributed by atoms with E-state index in [0.717, 1.165) is 30.6 Å². The number of hydrogen-bond donors (Lipinski definition) is 2. The van der Waals surface area contributed by atoms with E-state index in [1.807, 2.05) is 17.7 Å². The van der Waals surface area contributed by atoms with Crippen LogP contribution in [0.2, 0.25) is 0 Å². The van der Waals surface area contributed by atoms with Gasteiger partial charge in [0.05, 0.1) is 36.1 Å². The summed E-state index contributed by atoms with van der Waals surface area (Å²) in [5.41, 5.74) is 1.86. The summed E-state index contributed by atoms with van der Waals surface area (Å²) in [6.07, 6.45) is 3.22. The smallest absolute Gasteiger partial charge is 0.339 e. The lowest BCUT2D eigenvalue weighted by atomic mass is 10.2. The van der Waals surface area contributed by atoms with Crippen LogP contribution in [0, 0.1) is 6.92 Å². The number of carboxylic acids is 1. The zero-order valence-electron chi connectivity index (χ0n) is 15.2. The summed E-state index contributed by atoms with van der Waals surface area (Å²) < 4.78 is 26.8. The fourth-order valence-electron chi connectivity index (χ4n) is 2.64. The molecule has 0 fully saturated rings. The lowest BCUT2D eigenvalue weighted by Gasteiger charge is -2.21. The van der Waals surface area contributed by atoms with Gasteiger partial charge >= 0.3 is 5.97 Å². The maximum absolute atomic E-state index is 11.6. The monoisotopic (exact) mass is 381 g/mol. The Kier molecular flexibility index (Phi) is 5.86. The first-order valence-corrected chi connectivity index (χ1v) is 9.95. The van der Waals surface area contributed by atoms with Crippen LogP contribution in [0.3, 0.4) is 0 Å². The highest BCUT2D eigenvalue weighted by molar-refractivity contribution is 7.92. The highest BCUT2D eigenvalue weighted by Gasteiger charge is 2.19. The van der Waals surface area contributed by atoms with Crippen LogP contribution < -0.4 is 9.62 Å². The number of aromatic nitrogens is 3. The maximum atomic E-state index is 11.6. The second-order valence-electron chi connectivity index (χ2n) is 6.13. The first kappa shape index (κ1) is 19.7. The van der Waals surface area contributed by atoms with Crippen molar-refractivity contribution in [2.75, 3.05) is 22.9 Å². The molecule has 0 aliphatic heterocycles. The molecule has 0 amide bonds. The Morgan fingerprint density at radius 1 is 1.38 bits per heavy atom. The maximum Gasteiger partial charge on any atom is 0.339 e. The van der Waals surface area contributed by atoms with E-state index in [0.29, 0.717) is 6.54 Å². The molecule has 0 spiro atoms. The molecule has 0 aliphatic carbocycles. The molecule has 0 saturated heterocycles. The molecule has 2 aromatic heterocycles. The summed E-state index contributed by atoms with van der Waals surface area (Å²) in [4.78, 5) is 17.5. The van der Waals surface area contributed by atoms with E-state index >= 15 is 0 Å². The normalized spacial score (nSPS) is 11.4. The van der Waals surface area contributed by atoms with Gasteiger partial charge in [-0.3, -0.25) is 9.40 Å². The summed E-state index contributed by atoms with van der Waals surface area (Å²) in [6, 6.07) is 3.21. The van der Waals surface area contributed by atoms with Gasteiger partial charge in [0.1, 0.15) is 11.4 Å². The number of nitrogens with one attached hydrogen (secondary N) is 1. The summed E-state index contributed by atoms with van der Waals surface area (Å²) in [5, 5.41) is 13.9. The molecular weight excluding hydrogens is 358 g/mol. The van der Waals surface area contributed by atoms with Crippen LogP contribution in [-0.2, 0) is 23.1 Å². The minimum absolute atomic E-state index is 0.0839. The van der Waals surface area contributed by atoms with Crippen LogP contribution in [0.1, 0.15) is 35.1 Å². The van der Waals surface area contributed by atoms with E-state index in [4.69, 9.17) is 0 Å². The number of nitrogens with zero attached hydrogens (tertiary/aromatic N) is 4. The van der Waals surface area contributed by atoms with E-state index in [1.165, 1.54) is 12.3 Å². The highest BCUT2D eigenvalue weighted by Crippen LogP contribution is 2.23. The Balaban J connectivity index is 2.33. The Morgan fingerprint density at radius 3 is 2.65 bits per heavy atom. The van der Waals surface area contributed by atoms with Crippen molar-refractivity contribution in [1.82, 2.24) is 14.8 Å². The predicted octanol–water partition coefficient (Wildman–Crippen LogP) is 1.70. The third kappa shape index (κ3) is 4.94. The molecule has 0 saturated carbocycles. The van der Waals surface area contributed by atoms with E-state index in [-0.39, 0.29) is 17.1 Å². The summed E-state index contributed by atoms with van der Waals surface area (Å²) in [7, 11) is -1.79. The highest BCUT2D eigenvalue weighted by atomic mass is 32.2. The number of anilines is 2. The molecule has 26 heavy (non-hydrogen) atoms. The van der Waals surface area contributed by atoms with Crippen molar-refractivity contribution < 1.29 is 18.3 Å². The number of pyridine rings is 1. The Bertz CT molecular complexity index is 907. The molecular formula is C16H23N5O4S. The van der Waals surface area contributed by atoms with E-state index in [2.05, 4.69) is 21.7 Å². The molecule has 142 valence electrons. The minimum atomic E-state index is -3.52. The van der Waals surface area contributed by atoms with Gasteiger partial charge in [-0.25, -0.2) is 18.2 Å². The quantitative estimate of drug-likeness (QED) is 0.714. The molecule has 10 heteroatoms. The summed E-state index contributed by atoms with van der Waals surface area (Å²) in [5.74, 6) is -0.937. The van der Waals surface area contributed by atoms with Crippen LogP contribution in [0.15, 0.2) is 18.3 Å². The van der Waals surface area contributed by atoms with Crippen molar-refractivity contribution in [3.63, 3.8) is 0 Å². The summed E-state index contributed by atoms with van der Waals surface area (Å²) >= 11 is 0. The van der Waals surface area contributed by atoms with E-state index < -0.39 is 16.0 Å². The van der Waals surface area contributed by atoms with Crippen molar-refractivity contribution in [2.45, 2.75) is 33.4 Å². The zero-order chi connectivity index (χ0) is 19.5. The van der Waals surface area contributed by atoms with Crippen LogP contribution in [0.5, 0.6) is 0 Å². The van der Waals surface area contributed by atoms with Crippen molar-refractivity contribution in [1.29, 1.82) is 0 Å². The lowest BCUT2D eigenvalue weighted by molar-refractivity contribution is 0.0697. The Morgan fingerprint density at radius 2 is 2.08 bits per heavy atom. The summed E-state index contributed by atoms with van der Waals surface area (Å²) in [6.45, 7) is 5.16. The van der Waals surface area contributed by atoms with Crippen molar-refractivity contribution in [3.05, 3.63) is 35.3 Å². The SMILES string of the molecule is CCCn1nc(C)cc1CN(C)c1ncc(NS(C)(=O)=O)cc1C(=O)O. The largest absolute Gasteiger partial charge is 0.478 e. The van der Waals surface area contributed by atoms with Gasteiger partial charge in [-0.2, -0.15) is 5.10 Å². The molecule has 0 unspecified atom stereocenters. The van der Waals surface area contributed by atoms with Crippen LogP contribution >= 0.6 is 0 Å². The number of aromatic carboxylic acids is 1. The van der Waals surface area contributed by atoms with Gasteiger partial charge in [0, 0.05) is 13.6 Å². The molecule has 0 aliphatic rings. The second kappa shape index (κ2) is 7.73. The first-order valence-electron chi connectivity index (χ1n) is 8.06. The molecule has 2 heterocycles. The molecule has 0 radical (unpaired) electrons. The molecule has 0 aromatic carbocycles. The molecule has 2 N–H and O–H groups in total. The minimum Gasteiger partial charge on any atom is -0.478 e. The first-order chi connectivity index (χ1) is 12.1. The van der Waals surface area contributed by atoms with Crippen LogP contribution in [0.25, 0.3) is 0 Å². The number of hydrogen-bond acceptors (Lipinski definition) is 6. The van der Waals surface area contributed by atoms with Gasteiger partial charge in [0.15, 0.2) is 0 Å². The molecule has 9 nitrogen and oxygen atoms in total. The van der Waals surface area contributed by atoms with E-state index in [1.54, 1.807) is 11.9 Å². The number of sulfonamides is 1. The Labute approximate surface area is 152 Å². The van der Waals surface area contributed by atoms with Gasteiger partial charge < -0.3 is 10.0 Å². The number of rotatable bonds is 8. The second-order valence-corrected chi connectivity index (χ2v) is 7.88. The van der Waals surface area contributed by atoms with Crippen molar-refractivity contribution in [2.24, 2.45) is 0 Å². The number of aryl methyl sites for hydroxylation is 2. The van der Waals surface area contributed by atoms with Gasteiger partial charge in [0.25, 0.3) is 0 Å². The number of carbonyl (C=O) groups is 1. The molecule has 0 atom stereocenters. The fraction of sp³-hybridized carbons (Fsp3) is 0.438. The van der Waals surface area contributed by atoms with Gasteiger partial charge in [-0.1, -0.05) is 6.92 Å². The molecule has 2 rings (SSSR count). The number of carboxylic acid groups (broad SMARTS) is 1. The van der Waals surface area contributed by atoms with Crippen molar-refractivity contribution >= 4 is 27.5 Å². The van der Waals surface area contributed by atoms with Crippen LogP contribution in [-0.4, -0.2) is 47.6 Å². The standard InChI is InChI=1S/C16H23N5O4S/c1-5-6-21-13(7-11(2)18-21)10-20(3)15-14(16(22)23)8-12(9-17-15)19-26(4,24)25/h7-9,19H,5-6,10H2,1-4H3,(H,22,23). The van der Waals surface area contributed by atoms with Gasteiger partial charge in [0.2, 0.25) is 10.0 Å². The molecule has 2 aromatic rings. The van der Waals surface area contributed by atoms with Gasteiger partial charge in [-0.15, -0.1) is 0 Å². The Hall–Kier alpha value is -2.62. The third-order valence-electron chi connectivity index (χ3n) is 3.58. The van der Waals surface area contributed by atoms with Crippen molar-refractivity contribution in [3.8, 4) is 0 Å². The molecule has 0 bridgehead atoms. The third-order valence-corrected chi connectivity index (χ3v) is 4.19. The van der Waals surface area contributed by atoms with Crippen LogP contribution in [0.4, 0.5) is 11.5 Å². The average molecular weight is 381 g/mol. The fourth-order valence-corrected chi connectivity index (χ4v) is 3.18. The average Bonchev–Trinajstić information content (AvgIpc) is 2.85. The topological polar surface area (TPSA) is 117 Å². The predicted molar refractivity (Wildman–Crippen MR) is 99.0 cm³/mol. The lowest BCUT2D eigenvalue weighted by Crippen LogP contribution is -2.23. The zero-order valence-corrected chi connectivity index (χ0v) is 16.0. The van der Waals surface area contributed by atoms with E-state index in [9.17, 15) is 18.3 Å². The van der Waals surface area contributed by atoms with Gasteiger partial charge in [-0.05, 0) is 25.5 Å².